The van der Waals surface area contributed by atoms with E-state index in [0.717, 1.165) is 32.4 Å². The summed E-state index contributed by atoms with van der Waals surface area (Å²) in [5, 5.41) is 3.39. The molecule has 0 rings (SSSR count). The van der Waals surface area contributed by atoms with E-state index in [9.17, 15) is 0 Å². The molecule has 0 saturated heterocycles. The van der Waals surface area contributed by atoms with Gasteiger partial charge in [-0.25, -0.2) is 0 Å². The van der Waals surface area contributed by atoms with Crippen molar-refractivity contribution in [2.24, 2.45) is 11.5 Å². The van der Waals surface area contributed by atoms with Gasteiger partial charge >= 0.3 is 0 Å². The molecule has 74 valence electrons. The zero-order chi connectivity index (χ0) is 9.40. The Balaban J connectivity index is 3.18. The van der Waals surface area contributed by atoms with E-state index in [0.29, 0.717) is 12.1 Å². The average molecular weight is 173 g/mol. The Morgan fingerprint density at radius 2 is 2.00 bits per heavy atom. The molecule has 0 aliphatic rings. The summed E-state index contributed by atoms with van der Waals surface area (Å²) in [5.74, 6) is 0. The van der Waals surface area contributed by atoms with Crippen molar-refractivity contribution in [3.05, 3.63) is 0 Å². The van der Waals surface area contributed by atoms with Crippen LogP contribution in [0.1, 0.15) is 33.1 Å². The van der Waals surface area contributed by atoms with Gasteiger partial charge in [0.15, 0.2) is 0 Å². The zero-order valence-corrected chi connectivity index (χ0v) is 8.34. The van der Waals surface area contributed by atoms with Crippen LogP contribution in [0.15, 0.2) is 0 Å². The Hall–Kier alpha value is -0.120. The fourth-order valence-corrected chi connectivity index (χ4v) is 1.07. The third-order valence-corrected chi connectivity index (χ3v) is 2.13. The van der Waals surface area contributed by atoms with Gasteiger partial charge in [-0.15, -0.1) is 0 Å². The molecule has 0 bridgehead atoms. The molecule has 3 heteroatoms. The lowest BCUT2D eigenvalue weighted by atomic mass is 10.1. The molecule has 0 fully saturated rings. The smallest absolute Gasteiger partial charge is 0.00507 e. The van der Waals surface area contributed by atoms with Gasteiger partial charge in [-0.2, -0.15) is 0 Å². The first-order chi connectivity index (χ1) is 5.70. The van der Waals surface area contributed by atoms with Gasteiger partial charge in [0, 0.05) is 12.1 Å². The Kier molecular flexibility index (Phi) is 7.45. The van der Waals surface area contributed by atoms with Crippen molar-refractivity contribution in [3.63, 3.8) is 0 Å². The van der Waals surface area contributed by atoms with Crippen LogP contribution in [0.4, 0.5) is 0 Å². The summed E-state index contributed by atoms with van der Waals surface area (Å²) in [7, 11) is 0. The first-order valence-corrected chi connectivity index (χ1v) is 4.89. The number of nitrogens with two attached hydrogens (primary N) is 2. The molecule has 2 unspecified atom stereocenters. The molecule has 0 saturated carbocycles. The van der Waals surface area contributed by atoms with Gasteiger partial charge in [0.05, 0.1) is 0 Å². The highest BCUT2D eigenvalue weighted by atomic mass is 14.9. The van der Waals surface area contributed by atoms with E-state index in [1.807, 2.05) is 0 Å². The molecule has 0 heterocycles. The van der Waals surface area contributed by atoms with Gasteiger partial charge in [-0.1, -0.05) is 6.92 Å². The molecule has 3 nitrogen and oxygen atoms in total. The van der Waals surface area contributed by atoms with Crippen LogP contribution < -0.4 is 16.8 Å². The third-order valence-electron chi connectivity index (χ3n) is 2.13. The lowest BCUT2D eigenvalue weighted by Gasteiger charge is -2.14. The number of rotatable bonds is 7. The molecule has 0 aromatic carbocycles. The number of hydrogen-bond acceptors (Lipinski definition) is 3. The number of nitrogens with one attached hydrogen (secondary N) is 1. The van der Waals surface area contributed by atoms with Crippen molar-refractivity contribution < 1.29 is 0 Å². The van der Waals surface area contributed by atoms with Crippen LogP contribution in [0.3, 0.4) is 0 Å². The molecular weight excluding hydrogens is 150 g/mol. The van der Waals surface area contributed by atoms with Crippen molar-refractivity contribution in [3.8, 4) is 0 Å². The molecule has 12 heavy (non-hydrogen) atoms. The second-order valence-corrected chi connectivity index (χ2v) is 3.39. The van der Waals surface area contributed by atoms with E-state index in [4.69, 9.17) is 11.5 Å². The Morgan fingerprint density at radius 1 is 1.33 bits per heavy atom. The lowest BCUT2D eigenvalue weighted by molar-refractivity contribution is 0.481. The Labute approximate surface area is 75.9 Å². The summed E-state index contributed by atoms with van der Waals surface area (Å²) in [6.07, 6.45) is 3.17. The van der Waals surface area contributed by atoms with Crippen molar-refractivity contribution in [2.75, 3.05) is 13.1 Å². The standard InChI is InChI=1S/C9H23N3/c1-3-9(11)5-7-12-8(2)4-6-10/h8-9,12H,3-7,10-11H2,1-2H3. The predicted molar refractivity (Wildman–Crippen MR) is 54.0 cm³/mol. The zero-order valence-electron chi connectivity index (χ0n) is 8.34. The van der Waals surface area contributed by atoms with Gasteiger partial charge in [0.25, 0.3) is 0 Å². The fraction of sp³-hybridized carbons (Fsp3) is 1.00. The highest BCUT2D eigenvalue weighted by Gasteiger charge is 2.01. The van der Waals surface area contributed by atoms with Crippen LogP contribution in [-0.2, 0) is 0 Å². The topological polar surface area (TPSA) is 64.1 Å². The molecule has 0 radical (unpaired) electrons. The maximum absolute atomic E-state index is 5.77. The minimum absolute atomic E-state index is 0.350. The predicted octanol–water partition coefficient (Wildman–Crippen LogP) is 0.441. The normalized spacial score (nSPS) is 16.0. The van der Waals surface area contributed by atoms with Crippen molar-refractivity contribution in [1.29, 1.82) is 0 Å². The number of hydrogen-bond donors (Lipinski definition) is 3. The van der Waals surface area contributed by atoms with Gasteiger partial charge in [-0.3, -0.25) is 0 Å². The maximum Gasteiger partial charge on any atom is 0.00507 e. The second-order valence-electron chi connectivity index (χ2n) is 3.39. The SMILES string of the molecule is CCC(N)CCNC(C)CCN. The summed E-state index contributed by atoms with van der Waals surface area (Å²) >= 11 is 0. The van der Waals surface area contributed by atoms with E-state index in [1.165, 1.54) is 0 Å². The largest absolute Gasteiger partial charge is 0.330 e. The van der Waals surface area contributed by atoms with E-state index >= 15 is 0 Å². The van der Waals surface area contributed by atoms with E-state index in [-0.39, 0.29) is 0 Å². The molecule has 5 N–H and O–H groups in total. The minimum atomic E-state index is 0.350. The third kappa shape index (κ3) is 6.58. The van der Waals surface area contributed by atoms with Crippen molar-refractivity contribution >= 4 is 0 Å². The van der Waals surface area contributed by atoms with Crippen molar-refractivity contribution in [1.82, 2.24) is 5.32 Å². The monoisotopic (exact) mass is 173 g/mol. The first-order valence-electron chi connectivity index (χ1n) is 4.89. The van der Waals surface area contributed by atoms with Gasteiger partial charge in [0.1, 0.15) is 0 Å². The van der Waals surface area contributed by atoms with E-state index < -0.39 is 0 Å². The summed E-state index contributed by atoms with van der Waals surface area (Å²) in [6.45, 7) is 6.04. The Bertz CT molecular complexity index is 95.8. The first kappa shape index (κ1) is 11.9. The summed E-state index contributed by atoms with van der Waals surface area (Å²) in [6, 6.07) is 0.877. The molecule has 0 aromatic rings. The van der Waals surface area contributed by atoms with Crippen molar-refractivity contribution in [2.45, 2.75) is 45.2 Å². The summed E-state index contributed by atoms with van der Waals surface area (Å²) < 4.78 is 0. The Morgan fingerprint density at radius 3 is 2.50 bits per heavy atom. The second kappa shape index (κ2) is 7.53. The van der Waals surface area contributed by atoms with Gasteiger partial charge in [0.2, 0.25) is 0 Å². The molecule has 0 spiro atoms. The molecule has 0 amide bonds. The van der Waals surface area contributed by atoms with Crippen LogP contribution >= 0.6 is 0 Å². The summed E-state index contributed by atoms with van der Waals surface area (Å²) in [5.41, 5.74) is 11.2. The molecule has 2 atom stereocenters. The summed E-state index contributed by atoms with van der Waals surface area (Å²) in [4.78, 5) is 0. The van der Waals surface area contributed by atoms with Crippen LogP contribution in [0.2, 0.25) is 0 Å². The van der Waals surface area contributed by atoms with Gasteiger partial charge in [-0.05, 0) is 39.3 Å². The van der Waals surface area contributed by atoms with Crippen LogP contribution in [0.25, 0.3) is 0 Å². The van der Waals surface area contributed by atoms with Crippen LogP contribution in [0.5, 0.6) is 0 Å². The maximum atomic E-state index is 5.77. The van der Waals surface area contributed by atoms with Crippen LogP contribution in [0, 0.1) is 0 Å². The molecule has 0 aliphatic heterocycles. The molecule has 0 aromatic heterocycles. The van der Waals surface area contributed by atoms with Crippen LogP contribution in [-0.4, -0.2) is 25.2 Å². The highest BCUT2D eigenvalue weighted by molar-refractivity contribution is 4.64. The molecular formula is C9H23N3. The highest BCUT2D eigenvalue weighted by Crippen LogP contribution is 1.93. The quantitative estimate of drug-likeness (QED) is 0.523. The van der Waals surface area contributed by atoms with Gasteiger partial charge < -0.3 is 16.8 Å². The van der Waals surface area contributed by atoms with E-state index in [2.05, 4.69) is 19.2 Å². The molecule has 0 aliphatic carbocycles. The fourth-order valence-electron chi connectivity index (χ4n) is 1.07. The average Bonchev–Trinajstić information content (AvgIpc) is 2.04. The van der Waals surface area contributed by atoms with E-state index in [1.54, 1.807) is 0 Å². The minimum Gasteiger partial charge on any atom is -0.330 e. The lowest BCUT2D eigenvalue weighted by Crippen LogP contribution is -2.32.